The zero-order valence-corrected chi connectivity index (χ0v) is 9.80. The van der Waals surface area contributed by atoms with Crippen LogP contribution in [0.2, 0.25) is 0 Å². The number of hydrogen-bond acceptors (Lipinski definition) is 4. The zero-order valence-electron chi connectivity index (χ0n) is 9.80. The lowest BCUT2D eigenvalue weighted by Gasteiger charge is -2.23. The van der Waals surface area contributed by atoms with Crippen molar-refractivity contribution in [3.63, 3.8) is 0 Å². The summed E-state index contributed by atoms with van der Waals surface area (Å²) in [4.78, 5) is 1.91. The van der Waals surface area contributed by atoms with Crippen LogP contribution in [0.5, 0.6) is 0 Å². The maximum Gasteiger partial charge on any atom is 0.107 e. The van der Waals surface area contributed by atoms with Crippen LogP contribution in [0.3, 0.4) is 0 Å². The van der Waals surface area contributed by atoms with Crippen molar-refractivity contribution in [3.05, 3.63) is 29.8 Å². The third-order valence-corrected chi connectivity index (χ3v) is 2.56. The number of anilines is 1. The molecule has 0 saturated carbocycles. The van der Waals surface area contributed by atoms with Gasteiger partial charge < -0.3 is 20.8 Å². The summed E-state index contributed by atoms with van der Waals surface area (Å²) >= 11 is 0. The second kappa shape index (κ2) is 5.84. The van der Waals surface area contributed by atoms with Crippen LogP contribution in [0.15, 0.2) is 24.3 Å². The van der Waals surface area contributed by atoms with E-state index in [-0.39, 0.29) is 0 Å². The molecule has 1 aromatic carbocycles. The van der Waals surface area contributed by atoms with Crippen LogP contribution in [-0.4, -0.2) is 37.0 Å². The van der Waals surface area contributed by atoms with E-state index in [9.17, 15) is 10.2 Å². The number of rotatable bonds is 5. The molecule has 4 nitrogen and oxygen atoms in total. The van der Waals surface area contributed by atoms with Crippen molar-refractivity contribution < 1.29 is 10.2 Å². The van der Waals surface area contributed by atoms with E-state index in [1.165, 1.54) is 0 Å². The molecule has 0 aromatic heterocycles. The van der Waals surface area contributed by atoms with Crippen LogP contribution in [0.1, 0.15) is 18.1 Å². The topological polar surface area (TPSA) is 69.7 Å². The monoisotopic (exact) mass is 224 g/mol. The van der Waals surface area contributed by atoms with Crippen LogP contribution >= 0.6 is 0 Å². The van der Waals surface area contributed by atoms with Gasteiger partial charge in [-0.15, -0.1) is 0 Å². The fourth-order valence-corrected chi connectivity index (χ4v) is 1.68. The van der Waals surface area contributed by atoms with Crippen molar-refractivity contribution in [1.82, 2.24) is 0 Å². The van der Waals surface area contributed by atoms with Gasteiger partial charge in [-0.2, -0.15) is 0 Å². The lowest BCUT2D eigenvalue weighted by Crippen LogP contribution is -2.23. The second-order valence-electron chi connectivity index (χ2n) is 4.04. The van der Waals surface area contributed by atoms with E-state index >= 15 is 0 Å². The molecule has 0 aliphatic heterocycles. The van der Waals surface area contributed by atoms with Crippen molar-refractivity contribution in [2.24, 2.45) is 5.73 Å². The number of aliphatic hydroxyl groups is 2. The summed E-state index contributed by atoms with van der Waals surface area (Å²) in [5, 5.41) is 19.7. The fraction of sp³-hybridized carbons (Fsp3) is 0.500. The lowest BCUT2D eigenvalue weighted by molar-refractivity contribution is 0.0153. The van der Waals surface area contributed by atoms with Crippen LogP contribution < -0.4 is 10.6 Å². The highest BCUT2D eigenvalue weighted by molar-refractivity contribution is 5.53. The average Bonchev–Trinajstić information content (AvgIpc) is 2.28. The molecule has 0 bridgehead atoms. The number of hydrogen-bond donors (Lipinski definition) is 3. The van der Waals surface area contributed by atoms with Gasteiger partial charge in [0.15, 0.2) is 0 Å². The number of para-hydroxylation sites is 1. The second-order valence-corrected chi connectivity index (χ2v) is 4.04. The smallest absolute Gasteiger partial charge is 0.107 e. The lowest BCUT2D eigenvalue weighted by atomic mass is 10.00. The minimum Gasteiger partial charge on any atom is -0.390 e. The normalized spacial score (nSPS) is 14.6. The van der Waals surface area contributed by atoms with Crippen molar-refractivity contribution in [2.45, 2.75) is 18.6 Å². The van der Waals surface area contributed by atoms with Crippen LogP contribution in [-0.2, 0) is 0 Å². The Bertz CT molecular complexity index is 329. The Balaban J connectivity index is 2.93. The van der Waals surface area contributed by atoms with Gasteiger partial charge in [-0.1, -0.05) is 18.2 Å². The van der Waals surface area contributed by atoms with E-state index in [1.54, 1.807) is 0 Å². The Kier molecular flexibility index (Phi) is 4.73. The first-order valence-corrected chi connectivity index (χ1v) is 5.40. The summed E-state index contributed by atoms with van der Waals surface area (Å²) in [5.74, 6) is 0. The Morgan fingerprint density at radius 2 is 1.88 bits per heavy atom. The molecule has 1 rings (SSSR count). The van der Waals surface area contributed by atoms with Crippen molar-refractivity contribution >= 4 is 5.69 Å². The Morgan fingerprint density at radius 3 is 2.44 bits per heavy atom. The molecule has 4 N–H and O–H groups in total. The van der Waals surface area contributed by atoms with Crippen LogP contribution in [0.4, 0.5) is 5.69 Å². The molecule has 90 valence electrons. The van der Waals surface area contributed by atoms with Crippen LogP contribution in [0.25, 0.3) is 0 Å². The zero-order chi connectivity index (χ0) is 12.1. The van der Waals surface area contributed by atoms with Gasteiger partial charge in [-0.25, -0.2) is 0 Å². The first kappa shape index (κ1) is 13.0. The van der Waals surface area contributed by atoms with Gasteiger partial charge in [0.1, 0.15) is 6.10 Å². The maximum atomic E-state index is 10.0. The molecule has 0 saturated heterocycles. The molecule has 0 fully saturated rings. The Morgan fingerprint density at radius 1 is 1.25 bits per heavy atom. The average molecular weight is 224 g/mol. The molecule has 1 aromatic rings. The standard InChI is InChI=1S/C12H20N2O2/c1-14(2)10-6-4-3-5-9(10)12(16)11(15)7-8-13/h3-6,11-12,15-16H,7-8,13H2,1-2H3. The van der Waals surface area contributed by atoms with E-state index in [0.717, 1.165) is 11.3 Å². The first-order chi connectivity index (χ1) is 7.57. The largest absolute Gasteiger partial charge is 0.390 e. The summed E-state index contributed by atoms with van der Waals surface area (Å²) in [5.41, 5.74) is 7.00. The van der Waals surface area contributed by atoms with Crippen molar-refractivity contribution in [3.8, 4) is 0 Å². The Labute approximate surface area is 96.3 Å². The first-order valence-electron chi connectivity index (χ1n) is 5.40. The molecule has 4 heteroatoms. The van der Waals surface area contributed by atoms with Gasteiger partial charge in [0.05, 0.1) is 6.10 Å². The summed E-state index contributed by atoms with van der Waals surface area (Å²) in [7, 11) is 3.81. The molecule has 0 aliphatic carbocycles. The van der Waals surface area contributed by atoms with E-state index in [4.69, 9.17) is 5.73 Å². The molecule has 16 heavy (non-hydrogen) atoms. The van der Waals surface area contributed by atoms with Gasteiger partial charge in [0.25, 0.3) is 0 Å². The van der Waals surface area contributed by atoms with Gasteiger partial charge >= 0.3 is 0 Å². The number of nitrogens with zero attached hydrogens (tertiary/aromatic N) is 1. The highest BCUT2D eigenvalue weighted by atomic mass is 16.3. The SMILES string of the molecule is CN(C)c1ccccc1C(O)C(O)CCN. The number of aliphatic hydroxyl groups excluding tert-OH is 2. The highest BCUT2D eigenvalue weighted by Crippen LogP contribution is 2.27. The summed E-state index contributed by atoms with van der Waals surface area (Å²) in [6.07, 6.45) is -1.31. The molecule has 0 radical (unpaired) electrons. The van der Waals surface area contributed by atoms with Crippen molar-refractivity contribution in [2.75, 3.05) is 25.5 Å². The highest BCUT2D eigenvalue weighted by Gasteiger charge is 2.20. The van der Waals surface area contributed by atoms with Gasteiger partial charge in [-0.3, -0.25) is 0 Å². The van der Waals surface area contributed by atoms with Crippen molar-refractivity contribution in [1.29, 1.82) is 0 Å². The molecular formula is C12H20N2O2. The molecule has 0 spiro atoms. The van der Waals surface area contributed by atoms with Gasteiger partial charge in [-0.05, 0) is 19.0 Å². The molecule has 2 atom stereocenters. The number of nitrogens with two attached hydrogens (primary N) is 1. The quantitative estimate of drug-likeness (QED) is 0.681. The predicted molar refractivity (Wildman–Crippen MR) is 65.4 cm³/mol. The molecule has 2 unspecified atom stereocenters. The molecule has 0 aliphatic rings. The number of benzene rings is 1. The third-order valence-electron chi connectivity index (χ3n) is 2.56. The van der Waals surface area contributed by atoms with E-state index in [0.29, 0.717) is 13.0 Å². The molecular weight excluding hydrogens is 204 g/mol. The van der Waals surface area contributed by atoms with E-state index in [1.807, 2.05) is 43.3 Å². The third kappa shape index (κ3) is 2.95. The predicted octanol–water partition coefficient (Wildman–Crippen LogP) is 0.496. The minimum absolute atomic E-state index is 0.363. The van der Waals surface area contributed by atoms with E-state index < -0.39 is 12.2 Å². The van der Waals surface area contributed by atoms with Gasteiger partial charge in [0.2, 0.25) is 0 Å². The van der Waals surface area contributed by atoms with E-state index in [2.05, 4.69) is 0 Å². The van der Waals surface area contributed by atoms with Crippen LogP contribution in [0, 0.1) is 0 Å². The fourth-order valence-electron chi connectivity index (χ4n) is 1.68. The van der Waals surface area contributed by atoms with Gasteiger partial charge in [0, 0.05) is 25.3 Å². The Hall–Kier alpha value is -1.10. The molecule has 0 heterocycles. The maximum absolute atomic E-state index is 10.0. The summed E-state index contributed by atoms with van der Waals surface area (Å²) < 4.78 is 0. The summed E-state index contributed by atoms with van der Waals surface area (Å²) in [6, 6.07) is 7.48. The summed E-state index contributed by atoms with van der Waals surface area (Å²) in [6.45, 7) is 0.363. The minimum atomic E-state index is -0.887. The molecule has 0 amide bonds.